The molecular weight excluding hydrogens is 342 g/mol. The zero-order chi connectivity index (χ0) is 17.0. The van der Waals surface area contributed by atoms with Crippen LogP contribution in [0.25, 0.3) is 0 Å². The van der Waals surface area contributed by atoms with Crippen LogP contribution < -0.4 is 10.6 Å². The number of carbonyl (C=O) groups is 2. The van der Waals surface area contributed by atoms with Gasteiger partial charge in [-0.1, -0.05) is 19.3 Å². The van der Waals surface area contributed by atoms with Gasteiger partial charge in [0.2, 0.25) is 5.91 Å². The molecule has 1 saturated carbocycles. The van der Waals surface area contributed by atoms with E-state index in [0.29, 0.717) is 25.3 Å². The first kappa shape index (κ1) is 20.5. The number of ether oxygens (including phenoxy) is 1. The number of amides is 2. The maximum absolute atomic E-state index is 12.7. The number of methoxy groups -OCH3 is 1. The summed E-state index contributed by atoms with van der Waals surface area (Å²) < 4.78 is 5.59. The van der Waals surface area contributed by atoms with Gasteiger partial charge in [-0.3, -0.25) is 9.59 Å². The van der Waals surface area contributed by atoms with Crippen LogP contribution in [0.15, 0.2) is 0 Å². The van der Waals surface area contributed by atoms with Gasteiger partial charge in [0.05, 0.1) is 0 Å². The Kier molecular flexibility index (Phi) is 7.52. The highest BCUT2D eigenvalue weighted by Crippen LogP contribution is 2.27. The predicted molar refractivity (Wildman–Crippen MR) is 98.8 cm³/mol. The monoisotopic (exact) mass is 373 g/mol. The Hall–Kier alpha value is -0.850. The van der Waals surface area contributed by atoms with Gasteiger partial charge >= 0.3 is 0 Å². The summed E-state index contributed by atoms with van der Waals surface area (Å²) in [5.41, 5.74) is -0.702. The molecule has 1 unspecified atom stereocenters. The van der Waals surface area contributed by atoms with E-state index >= 15 is 0 Å². The highest BCUT2D eigenvalue weighted by atomic mass is 35.5. The van der Waals surface area contributed by atoms with Crippen LogP contribution in [-0.4, -0.2) is 61.6 Å². The lowest BCUT2D eigenvalue weighted by molar-refractivity contribution is -0.147. The quantitative estimate of drug-likeness (QED) is 0.783. The first-order valence-corrected chi connectivity index (χ1v) is 9.50. The fourth-order valence-corrected chi connectivity index (χ4v) is 4.36. The molecule has 1 atom stereocenters. The minimum atomic E-state index is -0.702. The number of rotatable bonds is 4. The minimum Gasteiger partial charge on any atom is -0.368 e. The van der Waals surface area contributed by atoms with Crippen molar-refractivity contribution in [3.63, 3.8) is 0 Å². The molecule has 3 fully saturated rings. The molecule has 0 bridgehead atoms. The second-order valence-electron chi connectivity index (χ2n) is 7.53. The molecule has 1 aliphatic carbocycles. The third-order valence-electron chi connectivity index (χ3n) is 6.01. The zero-order valence-corrected chi connectivity index (χ0v) is 16.0. The summed E-state index contributed by atoms with van der Waals surface area (Å²) >= 11 is 0. The van der Waals surface area contributed by atoms with Crippen molar-refractivity contribution in [1.82, 2.24) is 15.5 Å². The normalized spacial score (nSPS) is 26.8. The number of hydrogen-bond donors (Lipinski definition) is 2. The zero-order valence-electron chi connectivity index (χ0n) is 15.2. The van der Waals surface area contributed by atoms with Gasteiger partial charge in [0.1, 0.15) is 5.60 Å². The number of carbonyl (C=O) groups excluding carboxylic acids is 2. The van der Waals surface area contributed by atoms with Crippen LogP contribution in [0.5, 0.6) is 0 Å². The molecule has 6 nitrogen and oxygen atoms in total. The van der Waals surface area contributed by atoms with Crippen LogP contribution in [-0.2, 0) is 14.3 Å². The Bertz CT molecular complexity index is 462. The van der Waals surface area contributed by atoms with Crippen molar-refractivity contribution in [2.45, 2.75) is 63.0 Å². The van der Waals surface area contributed by atoms with E-state index in [-0.39, 0.29) is 30.3 Å². The van der Waals surface area contributed by atoms with Crippen LogP contribution in [0.1, 0.15) is 51.4 Å². The fourth-order valence-electron chi connectivity index (χ4n) is 4.36. The minimum absolute atomic E-state index is 0. The molecule has 0 aromatic heterocycles. The Labute approximate surface area is 156 Å². The van der Waals surface area contributed by atoms with Gasteiger partial charge in [0.15, 0.2) is 0 Å². The molecule has 0 radical (unpaired) electrons. The van der Waals surface area contributed by atoms with Crippen molar-refractivity contribution in [2.24, 2.45) is 5.92 Å². The van der Waals surface area contributed by atoms with E-state index in [1.54, 1.807) is 7.11 Å². The third kappa shape index (κ3) is 4.66. The lowest BCUT2D eigenvalue weighted by Gasteiger charge is -2.35. The fraction of sp³-hybridized carbons (Fsp3) is 0.889. The van der Waals surface area contributed by atoms with Crippen molar-refractivity contribution < 1.29 is 14.3 Å². The van der Waals surface area contributed by atoms with Gasteiger partial charge in [-0.2, -0.15) is 0 Å². The molecule has 25 heavy (non-hydrogen) atoms. The number of hydrogen-bond acceptors (Lipinski definition) is 4. The number of halogens is 1. The largest absolute Gasteiger partial charge is 0.368 e. The Morgan fingerprint density at radius 2 is 1.80 bits per heavy atom. The number of likely N-dealkylation sites (tertiary alicyclic amines) is 1. The van der Waals surface area contributed by atoms with E-state index < -0.39 is 5.60 Å². The van der Waals surface area contributed by atoms with E-state index in [9.17, 15) is 9.59 Å². The molecule has 0 aromatic carbocycles. The van der Waals surface area contributed by atoms with E-state index in [2.05, 4.69) is 10.6 Å². The van der Waals surface area contributed by atoms with E-state index in [4.69, 9.17) is 4.74 Å². The first-order valence-electron chi connectivity index (χ1n) is 9.50. The van der Waals surface area contributed by atoms with Crippen molar-refractivity contribution in [3.05, 3.63) is 0 Å². The average molecular weight is 374 g/mol. The van der Waals surface area contributed by atoms with E-state index in [1.165, 1.54) is 19.3 Å². The third-order valence-corrected chi connectivity index (χ3v) is 6.01. The van der Waals surface area contributed by atoms with Crippen LogP contribution in [0.2, 0.25) is 0 Å². The Morgan fingerprint density at radius 3 is 2.44 bits per heavy atom. The maximum Gasteiger partial charge on any atom is 0.252 e. The molecule has 2 aliphatic heterocycles. The molecule has 0 aromatic rings. The summed E-state index contributed by atoms with van der Waals surface area (Å²) in [7, 11) is 1.62. The molecule has 2 N–H and O–H groups in total. The lowest BCUT2D eigenvalue weighted by Crippen LogP contribution is -2.56. The highest BCUT2D eigenvalue weighted by Gasteiger charge is 2.41. The van der Waals surface area contributed by atoms with Crippen LogP contribution in [0.3, 0.4) is 0 Å². The number of nitrogens with zero attached hydrogens (tertiary/aromatic N) is 1. The summed E-state index contributed by atoms with van der Waals surface area (Å²) in [4.78, 5) is 27.3. The van der Waals surface area contributed by atoms with Crippen LogP contribution in [0, 0.1) is 5.92 Å². The Morgan fingerprint density at radius 1 is 1.12 bits per heavy atom. The van der Waals surface area contributed by atoms with Gasteiger partial charge in [-0.25, -0.2) is 0 Å². The molecule has 2 amide bonds. The molecule has 2 saturated heterocycles. The lowest BCUT2D eigenvalue weighted by atomic mass is 9.88. The number of nitrogens with one attached hydrogen (secondary N) is 2. The standard InChI is InChI=1S/C18H31N3O3.ClH/c1-24-18(8-10-19-11-9-18)17(23)20-15-7-12-21(13-15)16(22)14-5-3-2-4-6-14;/h14-15,19H,2-13H2,1H3,(H,20,23);1H. The van der Waals surface area contributed by atoms with Crippen molar-refractivity contribution >= 4 is 24.2 Å². The molecular formula is C18H32ClN3O3. The summed E-state index contributed by atoms with van der Waals surface area (Å²) in [6, 6.07) is 0.0620. The van der Waals surface area contributed by atoms with Crippen molar-refractivity contribution in [1.29, 1.82) is 0 Å². The average Bonchev–Trinajstić information content (AvgIpc) is 3.10. The van der Waals surface area contributed by atoms with Crippen molar-refractivity contribution in [3.8, 4) is 0 Å². The SMILES string of the molecule is COC1(C(=O)NC2CCN(C(=O)C3CCCCC3)C2)CCNCC1.Cl. The topological polar surface area (TPSA) is 70.7 Å². The van der Waals surface area contributed by atoms with Crippen LogP contribution >= 0.6 is 12.4 Å². The van der Waals surface area contributed by atoms with Gasteiger partial charge in [0, 0.05) is 32.2 Å². The van der Waals surface area contributed by atoms with Gasteiger partial charge in [-0.15, -0.1) is 12.4 Å². The highest BCUT2D eigenvalue weighted by molar-refractivity contribution is 5.86. The van der Waals surface area contributed by atoms with Crippen LogP contribution in [0.4, 0.5) is 0 Å². The summed E-state index contributed by atoms with van der Waals surface area (Å²) in [5, 5.41) is 6.41. The molecule has 3 aliphatic rings. The van der Waals surface area contributed by atoms with Gasteiger partial charge in [-0.05, 0) is 45.2 Å². The Balaban J connectivity index is 0.00000225. The molecule has 2 heterocycles. The van der Waals surface area contributed by atoms with Gasteiger partial charge in [0.25, 0.3) is 5.91 Å². The molecule has 0 spiro atoms. The van der Waals surface area contributed by atoms with Gasteiger partial charge < -0.3 is 20.3 Å². The van der Waals surface area contributed by atoms with E-state index in [1.807, 2.05) is 4.90 Å². The summed E-state index contributed by atoms with van der Waals surface area (Å²) in [5.74, 6) is 0.501. The second kappa shape index (κ2) is 9.19. The molecule has 144 valence electrons. The van der Waals surface area contributed by atoms with Crippen molar-refractivity contribution in [2.75, 3.05) is 33.3 Å². The summed E-state index contributed by atoms with van der Waals surface area (Å²) in [6.45, 7) is 3.03. The first-order chi connectivity index (χ1) is 11.6. The smallest absolute Gasteiger partial charge is 0.252 e. The number of piperidine rings is 1. The summed E-state index contributed by atoms with van der Waals surface area (Å²) in [6.07, 6.45) is 7.93. The molecule has 7 heteroatoms. The molecule has 3 rings (SSSR count). The second-order valence-corrected chi connectivity index (χ2v) is 7.53. The van der Waals surface area contributed by atoms with E-state index in [0.717, 1.165) is 38.9 Å². The maximum atomic E-state index is 12.7. The predicted octanol–water partition coefficient (Wildman–Crippen LogP) is 1.47.